The van der Waals surface area contributed by atoms with Gasteiger partial charge in [-0.25, -0.2) is 4.18 Å². The van der Waals surface area contributed by atoms with Crippen LogP contribution in [-0.2, 0) is 14.6 Å². The molecule has 0 bridgehead atoms. The van der Waals surface area contributed by atoms with Gasteiger partial charge in [0.25, 0.3) is 0 Å². The van der Waals surface area contributed by atoms with Crippen molar-refractivity contribution in [3.05, 3.63) is 0 Å². The van der Waals surface area contributed by atoms with Gasteiger partial charge >= 0.3 is 10.4 Å². The maximum Gasteiger partial charge on any atom is 0.397 e. The minimum Gasteiger partial charge on any atom is -0.264 e. The van der Waals surface area contributed by atoms with E-state index in [0.717, 1.165) is 25.7 Å². The second kappa shape index (κ2) is 24.0. The van der Waals surface area contributed by atoms with Gasteiger partial charge in [-0.1, -0.05) is 149 Å². The highest BCUT2D eigenvalue weighted by atomic mass is 32.3. The second-order valence-electron chi connectivity index (χ2n) is 9.87. The molecule has 1 atom stereocenters. The lowest BCUT2D eigenvalue weighted by atomic mass is 9.94. The van der Waals surface area contributed by atoms with Crippen LogP contribution in [0.2, 0.25) is 0 Å². The molecule has 1 unspecified atom stereocenters. The van der Waals surface area contributed by atoms with E-state index in [1.54, 1.807) is 0 Å². The fourth-order valence-electron chi connectivity index (χ4n) is 4.51. The zero-order chi connectivity index (χ0) is 23.8. The first-order chi connectivity index (χ1) is 15.5. The number of rotatable bonds is 26. The molecule has 0 saturated carbocycles. The Labute approximate surface area is 201 Å². The predicted octanol–water partition coefficient (Wildman–Crippen LogP) is 9.43. The average molecular weight is 477 g/mol. The molecule has 1 N–H and O–H groups in total. The van der Waals surface area contributed by atoms with Crippen molar-refractivity contribution in [1.82, 2.24) is 0 Å². The lowest BCUT2D eigenvalue weighted by Crippen LogP contribution is -2.14. The number of hydrogen-bond acceptors (Lipinski definition) is 3. The summed E-state index contributed by atoms with van der Waals surface area (Å²) >= 11 is 0. The van der Waals surface area contributed by atoms with Crippen LogP contribution in [-0.4, -0.2) is 19.6 Å². The Morgan fingerprint density at radius 2 is 0.812 bits per heavy atom. The molecule has 194 valence electrons. The monoisotopic (exact) mass is 476 g/mol. The molecule has 5 heteroatoms. The third kappa shape index (κ3) is 26.1. The van der Waals surface area contributed by atoms with Crippen LogP contribution in [0.15, 0.2) is 0 Å². The smallest absolute Gasteiger partial charge is 0.264 e. The molecule has 0 aromatic carbocycles. The first-order valence-electron chi connectivity index (χ1n) is 14.1. The van der Waals surface area contributed by atoms with Crippen LogP contribution < -0.4 is 0 Å². The Morgan fingerprint density at radius 3 is 1.09 bits per heavy atom. The number of unbranched alkanes of at least 4 members (excludes halogenated alkanes) is 19. The standard InChI is InChI=1S/C27H56O4S/c1-3-5-7-9-11-13-14-15-16-17-19-21-23-25-27(26-31-32(28,29)30)24-22-20-18-12-10-8-6-4-2/h27H,3-26H2,1-2H3,(H,28,29,30). The Hall–Kier alpha value is -0.130. The first-order valence-corrected chi connectivity index (χ1v) is 15.5. The van der Waals surface area contributed by atoms with E-state index in [2.05, 4.69) is 13.8 Å². The lowest BCUT2D eigenvalue weighted by Gasteiger charge is -2.16. The van der Waals surface area contributed by atoms with Crippen molar-refractivity contribution in [2.24, 2.45) is 5.92 Å². The molecule has 0 rings (SSSR count). The summed E-state index contributed by atoms with van der Waals surface area (Å²) in [5, 5.41) is 0. The molecule has 0 heterocycles. The molecular weight excluding hydrogens is 420 g/mol. The van der Waals surface area contributed by atoms with Gasteiger partial charge in [0, 0.05) is 0 Å². The highest BCUT2D eigenvalue weighted by Gasteiger charge is 2.13. The molecular formula is C27H56O4S. The zero-order valence-electron chi connectivity index (χ0n) is 21.6. The minimum atomic E-state index is -4.32. The lowest BCUT2D eigenvalue weighted by molar-refractivity contribution is 0.204. The third-order valence-electron chi connectivity index (χ3n) is 6.63. The maximum absolute atomic E-state index is 11.0. The topological polar surface area (TPSA) is 63.6 Å². The molecule has 0 spiro atoms. The van der Waals surface area contributed by atoms with E-state index in [1.807, 2.05) is 0 Å². The van der Waals surface area contributed by atoms with E-state index in [1.165, 1.54) is 122 Å². The van der Waals surface area contributed by atoms with E-state index < -0.39 is 10.4 Å². The molecule has 0 aromatic rings. The summed E-state index contributed by atoms with van der Waals surface area (Å²) in [7, 11) is -4.32. The van der Waals surface area contributed by atoms with Gasteiger partial charge in [-0.15, -0.1) is 0 Å². The second-order valence-corrected chi connectivity index (χ2v) is 11.0. The molecule has 32 heavy (non-hydrogen) atoms. The van der Waals surface area contributed by atoms with Crippen LogP contribution in [0, 0.1) is 5.92 Å². The van der Waals surface area contributed by atoms with E-state index in [4.69, 9.17) is 8.74 Å². The summed E-state index contributed by atoms with van der Waals surface area (Å²) in [5.74, 6) is 0.240. The fourth-order valence-corrected chi connectivity index (χ4v) is 4.88. The summed E-state index contributed by atoms with van der Waals surface area (Å²) < 4.78 is 35.5. The molecule has 4 nitrogen and oxygen atoms in total. The summed E-state index contributed by atoms with van der Waals surface area (Å²) in [5.41, 5.74) is 0. The van der Waals surface area contributed by atoms with Crippen LogP contribution in [0.25, 0.3) is 0 Å². The Balaban J connectivity index is 3.73. The van der Waals surface area contributed by atoms with Crippen LogP contribution >= 0.6 is 0 Å². The van der Waals surface area contributed by atoms with Gasteiger partial charge in [0.2, 0.25) is 0 Å². The van der Waals surface area contributed by atoms with Crippen LogP contribution in [0.5, 0.6) is 0 Å². The highest BCUT2D eigenvalue weighted by molar-refractivity contribution is 7.80. The summed E-state index contributed by atoms with van der Waals surface area (Å²) in [6.45, 7) is 4.64. The van der Waals surface area contributed by atoms with Gasteiger partial charge in [-0.05, 0) is 18.8 Å². The van der Waals surface area contributed by atoms with Crippen molar-refractivity contribution in [3.8, 4) is 0 Å². The molecule has 0 saturated heterocycles. The van der Waals surface area contributed by atoms with Crippen LogP contribution in [0.1, 0.15) is 162 Å². The van der Waals surface area contributed by atoms with Crippen molar-refractivity contribution in [1.29, 1.82) is 0 Å². The molecule has 0 aliphatic heterocycles. The average Bonchev–Trinajstić information content (AvgIpc) is 2.75. The first kappa shape index (κ1) is 31.9. The molecule has 0 aliphatic rings. The van der Waals surface area contributed by atoms with E-state index >= 15 is 0 Å². The maximum atomic E-state index is 11.0. The normalized spacial score (nSPS) is 13.0. The van der Waals surface area contributed by atoms with Crippen LogP contribution in [0.3, 0.4) is 0 Å². The zero-order valence-corrected chi connectivity index (χ0v) is 22.4. The molecule has 0 amide bonds. The van der Waals surface area contributed by atoms with Gasteiger partial charge in [0.05, 0.1) is 6.61 Å². The van der Waals surface area contributed by atoms with Crippen molar-refractivity contribution < 1.29 is 17.2 Å². The molecule has 0 radical (unpaired) electrons. The minimum absolute atomic E-state index is 0.133. The summed E-state index contributed by atoms with van der Waals surface area (Å²) in [6.07, 6.45) is 29.7. The molecule has 0 fully saturated rings. The molecule has 0 aliphatic carbocycles. The Kier molecular flexibility index (Phi) is 23.9. The van der Waals surface area contributed by atoms with E-state index in [9.17, 15) is 8.42 Å². The van der Waals surface area contributed by atoms with Crippen molar-refractivity contribution in [3.63, 3.8) is 0 Å². The van der Waals surface area contributed by atoms with E-state index in [0.29, 0.717) is 0 Å². The Bertz CT molecular complexity index is 464. The van der Waals surface area contributed by atoms with Gasteiger partial charge in [0.1, 0.15) is 0 Å². The van der Waals surface area contributed by atoms with Crippen molar-refractivity contribution >= 4 is 10.4 Å². The SMILES string of the molecule is CCCCCCCCCCCCCCCC(CCCCCCCCCC)COS(=O)(=O)O. The van der Waals surface area contributed by atoms with Gasteiger partial charge in [-0.3, -0.25) is 4.55 Å². The van der Waals surface area contributed by atoms with E-state index in [-0.39, 0.29) is 12.5 Å². The van der Waals surface area contributed by atoms with Gasteiger partial charge < -0.3 is 0 Å². The number of hydrogen-bond donors (Lipinski definition) is 1. The van der Waals surface area contributed by atoms with Gasteiger partial charge in [0.15, 0.2) is 0 Å². The van der Waals surface area contributed by atoms with Crippen LogP contribution in [0.4, 0.5) is 0 Å². The Morgan fingerprint density at radius 1 is 0.531 bits per heavy atom. The highest BCUT2D eigenvalue weighted by Crippen LogP contribution is 2.21. The van der Waals surface area contributed by atoms with Crippen molar-refractivity contribution in [2.45, 2.75) is 162 Å². The fraction of sp³-hybridized carbons (Fsp3) is 1.00. The third-order valence-corrected chi connectivity index (χ3v) is 7.07. The van der Waals surface area contributed by atoms with Crippen molar-refractivity contribution in [2.75, 3.05) is 6.61 Å². The largest absolute Gasteiger partial charge is 0.397 e. The summed E-state index contributed by atoms with van der Waals surface area (Å²) in [4.78, 5) is 0. The molecule has 0 aromatic heterocycles. The van der Waals surface area contributed by atoms with Gasteiger partial charge in [-0.2, -0.15) is 8.42 Å². The predicted molar refractivity (Wildman–Crippen MR) is 139 cm³/mol. The summed E-state index contributed by atoms with van der Waals surface area (Å²) in [6, 6.07) is 0. The quantitative estimate of drug-likeness (QED) is 0.0997.